The van der Waals surface area contributed by atoms with Crippen molar-refractivity contribution in [2.45, 2.75) is 50.9 Å². The van der Waals surface area contributed by atoms with Crippen molar-refractivity contribution in [3.63, 3.8) is 0 Å². The van der Waals surface area contributed by atoms with Gasteiger partial charge in [-0.3, -0.25) is 9.59 Å². The van der Waals surface area contributed by atoms with Gasteiger partial charge in [0.2, 0.25) is 11.1 Å². The fourth-order valence-corrected chi connectivity index (χ4v) is 6.96. The van der Waals surface area contributed by atoms with Crippen molar-refractivity contribution in [1.29, 1.82) is 0 Å². The molecule has 1 aliphatic rings. The van der Waals surface area contributed by atoms with Crippen molar-refractivity contribution in [2.24, 2.45) is 0 Å². The van der Waals surface area contributed by atoms with E-state index in [1.54, 1.807) is 34.9 Å². The number of carbonyl (C=O) groups is 2. The van der Waals surface area contributed by atoms with Gasteiger partial charge in [-0.15, -0.1) is 10.2 Å². The molecule has 6 rings (SSSR count). The Morgan fingerprint density at radius 3 is 2.60 bits per heavy atom. The summed E-state index contributed by atoms with van der Waals surface area (Å²) >= 11 is 13.7. The average Bonchev–Trinajstić information content (AvgIpc) is 3.34. The molecule has 2 amide bonds. The molecular weight excluding hydrogens is 627 g/mol. The Balaban J connectivity index is 1.02. The van der Waals surface area contributed by atoms with Crippen LogP contribution in [0.15, 0.2) is 71.9 Å². The summed E-state index contributed by atoms with van der Waals surface area (Å²) in [7, 11) is 0. The normalized spacial score (nSPS) is 15.2. The van der Waals surface area contributed by atoms with E-state index >= 15 is 0 Å². The first-order chi connectivity index (χ1) is 21.8. The lowest BCUT2D eigenvalue weighted by Gasteiger charge is -2.40. The van der Waals surface area contributed by atoms with E-state index < -0.39 is 0 Å². The SMILES string of the molecule is Cc1cccc(Cn2c3ccccc3c3nnc(SCCCCC(=O)N4CCN(C(=O)c5ccc(Cl)c(Cl)c5)C(C)C4)nc32)c1. The quantitative estimate of drug-likeness (QED) is 0.122. The van der Waals surface area contributed by atoms with E-state index in [1.165, 1.54) is 11.1 Å². The van der Waals surface area contributed by atoms with Crippen LogP contribution in [0.1, 0.15) is 47.7 Å². The van der Waals surface area contributed by atoms with E-state index in [9.17, 15) is 9.59 Å². The summed E-state index contributed by atoms with van der Waals surface area (Å²) in [5, 5.41) is 11.5. The van der Waals surface area contributed by atoms with E-state index in [1.807, 2.05) is 24.0 Å². The number of carbonyl (C=O) groups excluding carboxylic acids is 2. The van der Waals surface area contributed by atoms with Crippen LogP contribution < -0.4 is 0 Å². The summed E-state index contributed by atoms with van der Waals surface area (Å²) in [5.41, 5.74) is 5.66. The number of benzene rings is 3. The molecule has 8 nitrogen and oxygen atoms in total. The summed E-state index contributed by atoms with van der Waals surface area (Å²) in [6.07, 6.45) is 2.10. The third kappa shape index (κ3) is 6.95. The van der Waals surface area contributed by atoms with Crippen LogP contribution in [0.2, 0.25) is 10.0 Å². The molecule has 1 fully saturated rings. The number of rotatable bonds is 9. The summed E-state index contributed by atoms with van der Waals surface area (Å²) < 4.78 is 2.22. The van der Waals surface area contributed by atoms with Crippen molar-refractivity contribution >= 4 is 68.8 Å². The number of amides is 2. The number of unbranched alkanes of at least 4 members (excludes halogenated alkanes) is 1. The number of piperazine rings is 1. The van der Waals surface area contributed by atoms with Gasteiger partial charge >= 0.3 is 0 Å². The largest absolute Gasteiger partial charge is 0.339 e. The molecule has 45 heavy (non-hydrogen) atoms. The molecule has 1 atom stereocenters. The summed E-state index contributed by atoms with van der Waals surface area (Å²) in [5.74, 6) is 0.810. The number of aryl methyl sites for hydroxylation is 1. The van der Waals surface area contributed by atoms with E-state index in [0.717, 1.165) is 40.7 Å². The molecule has 1 unspecified atom stereocenters. The molecule has 0 spiro atoms. The number of para-hydroxylation sites is 1. The zero-order chi connectivity index (χ0) is 31.5. The highest BCUT2D eigenvalue weighted by Gasteiger charge is 2.30. The average molecular weight is 662 g/mol. The molecule has 0 bridgehead atoms. The highest BCUT2D eigenvalue weighted by molar-refractivity contribution is 7.99. The monoisotopic (exact) mass is 660 g/mol. The number of hydrogen-bond acceptors (Lipinski definition) is 6. The van der Waals surface area contributed by atoms with Crippen LogP contribution in [-0.4, -0.2) is 72.8 Å². The Labute approximate surface area is 276 Å². The molecule has 0 N–H and O–H groups in total. The molecule has 0 aliphatic carbocycles. The van der Waals surface area contributed by atoms with Gasteiger partial charge in [0.05, 0.1) is 15.6 Å². The van der Waals surface area contributed by atoms with Crippen LogP contribution in [0.3, 0.4) is 0 Å². The maximum absolute atomic E-state index is 13.0. The van der Waals surface area contributed by atoms with Gasteiger partial charge in [0.25, 0.3) is 5.91 Å². The van der Waals surface area contributed by atoms with Crippen LogP contribution >= 0.6 is 35.0 Å². The Morgan fingerprint density at radius 2 is 1.80 bits per heavy atom. The zero-order valence-corrected chi connectivity index (χ0v) is 27.6. The highest BCUT2D eigenvalue weighted by Crippen LogP contribution is 2.29. The Bertz CT molecular complexity index is 1880. The van der Waals surface area contributed by atoms with Crippen LogP contribution in [0.5, 0.6) is 0 Å². The first kappa shape index (κ1) is 31.3. The minimum atomic E-state index is -0.101. The molecule has 3 heterocycles. The second-order valence-corrected chi connectivity index (χ2v) is 13.4. The lowest BCUT2D eigenvalue weighted by Crippen LogP contribution is -2.55. The van der Waals surface area contributed by atoms with Crippen molar-refractivity contribution in [1.82, 2.24) is 29.5 Å². The lowest BCUT2D eigenvalue weighted by molar-refractivity contribution is -0.133. The molecule has 0 saturated carbocycles. The van der Waals surface area contributed by atoms with Crippen molar-refractivity contribution in [2.75, 3.05) is 25.4 Å². The van der Waals surface area contributed by atoms with Gasteiger partial charge < -0.3 is 14.4 Å². The number of nitrogens with zero attached hydrogens (tertiary/aromatic N) is 6. The molecule has 3 aromatic carbocycles. The summed E-state index contributed by atoms with van der Waals surface area (Å²) in [6, 6.07) is 21.6. The van der Waals surface area contributed by atoms with Gasteiger partial charge in [0.15, 0.2) is 5.65 Å². The third-order valence-electron chi connectivity index (χ3n) is 8.20. The van der Waals surface area contributed by atoms with Gasteiger partial charge in [0, 0.05) is 55.3 Å². The number of halogens is 2. The molecule has 1 saturated heterocycles. The molecule has 232 valence electrons. The van der Waals surface area contributed by atoms with Gasteiger partial charge in [-0.2, -0.15) is 0 Å². The Hall–Kier alpha value is -3.66. The highest BCUT2D eigenvalue weighted by atomic mass is 35.5. The van der Waals surface area contributed by atoms with Crippen molar-refractivity contribution < 1.29 is 9.59 Å². The van der Waals surface area contributed by atoms with Crippen molar-refractivity contribution in [3.8, 4) is 0 Å². The molecular formula is C34H34Cl2N6O2S. The predicted molar refractivity (Wildman–Crippen MR) is 181 cm³/mol. The predicted octanol–water partition coefficient (Wildman–Crippen LogP) is 7.28. The van der Waals surface area contributed by atoms with E-state index in [4.69, 9.17) is 28.2 Å². The van der Waals surface area contributed by atoms with Crippen molar-refractivity contribution in [3.05, 3.63) is 93.5 Å². The summed E-state index contributed by atoms with van der Waals surface area (Å²) in [6.45, 7) is 6.28. The van der Waals surface area contributed by atoms with Gasteiger partial charge in [-0.1, -0.05) is 83.0 Å². The maximum Gasteiger partial charge on any atom is 0.254 e. The fraction of sp³-hybridized carbons (Fsp3) is 0.324. The molecule has 11 heteroatoms. The molecule has 5 aromatic rings. The minimum absolute atomic E-state index is 0.0960. The van der Waals surface area contributed by atoms with E-state index in [-0.39, 0.29) is 17.9 Å². The Kier molecular flexibility index (Phi) is 9.58. The second kappa shape index (κ2) is 13.8. The maximum atomic E-state index is 13.0. The number of fused-ring (bicyclic) bond motifs is 3. The fourth-order valence-electron chi connectivity index (χ4n) is 5.88. The van der Waals surface area contributed by atoms with Crippen LogP contribution in [0, 0.1) is 6.92 Å². The molecule has 0 radical (unpaired) electrons. The molecule has 2 aromatic heterocycles. The summed E-state index contributed by atoms with van der Waals surface area (Å²) in [4.78, 5) is 34.6. The van der Waals surface area contributed by atoms with E-state index in [0.29, 0.717) is 53.4 Å². The number of thioether (sulfide) groups is 1. The van der Waals surface area contributed by atoms with E-state index in [2.05, 4.69) is 58.1 Å². The minimum Gasteiger partial charge on any atom is -0.339 e. The topological polar surface area (TPSA) is 84.2 Å². The van der Waals surface area contributed by atoms with Gasteiger partial charge in [-0.25, -0.2) is 4.98 Å². The molecule has 1 aliphatic heterocycles. The van der Waals surface area contributed by atoms with Crippen LogP contribution in [-0.2, 0) is 11.3 Å². The van der Waals surface area contributed by atoms with Crippen LogP contribution in [0.4, 0.5) is 0 Å². The first-order valence-electron chi connectivity index (χ1n) is 15.1. The number of aromatic nitrogens is 4. The van der Waals surface area contributed by atoms with Gasteiger partial charge in [0.1, 0.15) is 5.52 Å². The lowest BCUT2D eigenvalue weighted by atomic mass is 10.1. The standard InChI is InChI=1S/C34H34Cl2N6O2S/c1-22-8-7-9-24(18-22)21-42-29-11-4-3-10-26(29)31-32(42)37-34(39-38-31)45-17-6-5-12-30(43)40-15-16-41(23(2)20-40)33(44)25-13-14-27(35)28(36)19-25/h3-4,7-11,13-14,18-19,23H,5-6,12,15-17,20-21H2,1-2H3. The second-order valence-electron chi connectivity index (χ2n) is 11.5. The van der Waals surface area contributed by atoms with Gasteiger partial charge in [-0.05, 0) is 56.5 Å². The van der Waals surface area contributed by atoms with Crippen LogP contribution in [0.25, 0.3) is 22.1 Å². The number of hydrogen-bond donors (Lipinski definition) is 0. The third-order valence-corrected chi connectivity index (χ3v) is 9.86. The first-order valence-corrected chi connectivity index (χ1v) is 16.9. The smallest absolute Gasteiger partial charge is 0.254 e. The Morgan fingerprint density at radius 1 is 0.956 bits per heavy atom. The zero-order valence-electron chi connectivity index (χ0n) is 25.2.